The van der Waals surface area contributed by atoms with E-state index in [9.17, 15) is 0 Å². The highest BCUT2D eigenvalue weighted by Gasteiger charge is 2.29. The van der Waals surface area contributed by atoms with E-state index in [2.05, 4.69) is 61.8 Å². The molecule has 1 aliphatic heterocycles. The minimum absolute atomic E-state index is 0.290. The lowest BCUT2D eigenvalue weighted by Gasteiger charge is -2.32. The van der Waals surface area contributed by atoms with Crippen molar-refractivity contribution in [3.63, 3.8) is 0 Å². The fourth-order valence-corrected chi connectivity index (χ4v) is 5.47. The van der Waals surface area contributed by atoms with Crippen molar-refractivity contribution >= 4 is 5.69 Å². The molecule has 0 spiro atoms. The summed E-state index contributed by atoms with van der Waals surface area (Å²) in [5, 5.41) is 0. The number of benzene rings is 1. The molecule has 3 rings (SSSR count). The van der Waals surface area contributed by atoms with Gasteiger partial charge in [-0.05, 0) is 74.1 Å². The number of ether oxygens (including phenoxy) is 1. The Bertz CT molecular complexity index is 639. The largest absolute Gasteiger partial charge is 0.493 e. The van der Waals surface area contributed by atoms with Crippen LogP contribution in [0.1, 0.15) is 79.1 Å². The molecule has 2 fully saturated rings. The van der Waals surface area contributed by atoms with Crippen molar-refractivity contribution in [2.75, 3.05) is 37.7 Å². The van der Waals surface area contributed by atoms with E-state index in [0.29, 0.717) is 23.9 Å². The molecule has 1 aromatic carbocycles. The second-order valence-corrected chi connectivity index (χ2v) is 11.3. The fraction of sp³-hybridized carbons (Fsp3) is 0.786. The first-order chi connectivity index (χ1) is 15.4. The smallest absolute Gasteiger partial charge is 0.119 e. The van der Waals surface area contributed by atoms with Crippen LogP contribution < -0.4 is 15.4 Å². The van der Waals surface area contributed by atoms with Crippen LogP contribution in [0.3, 0.4) is 0 Å². The van der Waals surface area contributed by atoms with Crippen LogP contribution in [-0.4, -0.2) is 49.8 Å². The van der Waals surface area contributed by atoms with Crippen LogP contribution in [0.5, 0.6) is 5.75 Å². The van der Waals surface area contributed by atoms with Crippen LogP contribution >= 0.6 is 0 Å². The zero-order valence-electron chi connectivity index (χ0n) is 21.3. The van der Waals surface area contributed by atoms with Gasteiger partial charge in [0.2, 0.25) is 0 Å². The molecular weight excluding hydrogens is 394 g/mol. The third kappa shape index (κ3) is 8.26. The zero-order valence-corrected chi connectivity index (χ0v) is 21.3. The van der Waals surface area contributed by atoms with Crippen molar-refractivity contribution in [3.05, 3.63) is 24.3 Å². The number of likely N-dealkylation sites (tertiary alicyclic amines) is 1. The molecule has 1 aromatic rings. The number of rotatable bonds is 12. The van der Waals surface area contributed by atoms with Gasteiger partial charge in [-0.15, -0.1) is 0 Å². The molecule has 0 aromatic heterocycles. The predicted molar refractivity (Wildman–Crippen MR) is 138 cm³/mol. The molecule has 1 unspecified atom stereocenters. The van der Waals surface area contributed by atoms with Gasteiger partial charge in [-0.2, -0.15) is 0 Å². The Kier molecular flexibility index (Phi) is 10.2. The first-order valence-electron chi connectivity index (χ1n) is 13.4. The summed E-state index contributed by atoms with van der Waals surface area (Å²) < 4.78 is 6.16. The summed E-state index contributed by atoms with van der Waals surface area (Å²) in [5.41, 5.74) is 7.76. The van der Waals surface area contributed by atoms with E-state index in [-0.39, 0.29) is 0 Å². The summed E-state index contributed by atoms with van der Waals surface area (Å²) in [7, 11) is 0. The molecule has 0 radical (unpaired) electrons. The lowest BCUT2D eigenvalue weighted by atomic mass is 9.90. The molecule has 1 aliphatic carbocycles. The van der Waals surface area contributed by atoms with Gasteiger partial charge in [-0.25, -0.2) is 0 Å². The summed E-state index contributed by atoms with van der Waals surface area (Å²) in [6.07, 6.45) is 10.4. The van der Waals surface area contributed by atoms with E-state index in [4.69, 9.17) is 10.5 Å². The highest BCUT2D eigenvalue weighted by molar-refractivity contribution is 5.50. The van der Waals surface area contributed by atoms with Crippen LogP contribution in [-0.2, 0) is 0 Å². The van der Waals surface area contributed by atoms with Gasteiger partial charge in [0.1, 0.15) is 5.75 Å². The van der Waals surface area contributed by atoms with Crippen molar-refractivity contribution in [2.24, 2.45) is 23.5 Å². The van der Waals surface area contributed by atoms with E-state index >= 15 is 0 Å². The zero-order chi connectivity index (χ0) is 22.9. The first kappa shape index (κ1) is 25.4. The van der Waals surface area contributed by atoms with E-state index in [0.717, 1.165) is 50.9 Å². The van der Waals surface area contributed by atoms with Gasteiger partial charge in [-0.1, -0.05) is 47.0 Å². The molecule has 0 amide bonds. The molecule has 32 heavy (non-hydrogen) atoms. The lowest BCUT2D eigenvalue weighted by Crippen LogP contribution is -2.41. The number of anilines is 1. The van der Waals surface area contributed by atoms with Gasteiger partial charge < -0.3 is 15.4 Å². The Balaban J connectivity index is 1.57. The van der Waals surface area contributed by atoms with Gasteiger partial charge in [0.05, 0.1) is 6.61 Å². The van der Waals surface area contributed by atoms with Gasteiger partial charge in [0.25, 0.3) is 0 Å². The minimum Gasteiger partial charge on any atom is -0.493 e. The molecule has 2 N–H and O–H groups in total. The molecule has 0 bridgehead atoms. The molecule has 2 aliphatic rings. The van der Waals surface area contributed by atoms with Gasteiger partial charge in [-0.3, -0.25) is 4.90 Å². The molecule has 4 nitrogen and oxygen atoms in total. The second-order valence-electron chi connectivity index (χ2n) is 11.3. The Morgan fingerprint density at radius 3 is 2.38 bits per heavy atom. The molecule has 1 saturated heterocycles. The summed E-state index contributed by atoms with van der Waals surface area (Å²) in [6.45, 7) is 14.5. The topological polar surface area (TPSA) is 41.7 Å². The van der Waals surface area contributed by atoms with E-state index in [1.165, 1.54) is 50.6 Å². The Labute approximate surface area is 197 Å². The quantitative estimate of drug-likeness (QED) is 0.434. The summed E-state index contributed by atoms with van der Waals surface area (Å²) >= 11 is 0. The Hall–Kier alpha value is -1.26. The summed E-state index contributed by atoms with van der Waals surface area (Å²) in [6, 6.07) is 9.80. The first-order valence-corrected chi connectivity index (χ1v) is 13.4. The maximum Gasteiger partial charge on any atom is 0.119 e. The highest BCUT2D eigenvalue weighted by Crippen LogP contribution is 2.28. The maximum atomic E-state index is 6.42. The van der Waals surface area contributed by atoms with Crippen LogP contribution in [0, 0.1) is 17.8 Å². The van der Waals surface area contributed by atoms with Crippen molar-refractivity contribution in [1.29, 1.82) is 0 Å². The molecule has 1 heterocycles. The maximum absolute atomic E-state index is 6.42. The highest BCUT2D eigenvalue weighted by atomic mass is 16.5. The van der Waals surface area contributed by atoms with Gasteiger partial charge in [0.15, 0.2) is 0 Å². The van der Waals surface area contributed by atoms with Crippen molar-refractivity contribution in [1.82, 2.24) is 4.90 Å². The molecule has 182 valence electrons. The SMILES string of the molecule is CC(C)CCN(c1ccc(OCC2CCCCC2)cc1)[C@H]1CCN(CC(N)CC(C)C)C1. The number of hydrogen-bond donors (Lipinski definition) is 1. The fourth-order valence-electron chi connectivity index (χ4n) is 5.47. The molecule has 2 atom stereocenters. The Morgan fingerprint density at radius 1 is 1.00 bits per heavy atom. The van der Waals surface area contributed by atoms with Crippen LogP contribution in [0.25, 0.3) is 0 Å². The summed E-state index contributed by atoms with van der Waals surface area (Å²) in [4.78, 5) is 5.24. The molecule has 1 saturated carbocycles. The summed E-state index contributed by atoms with van der Waals surface area (Å²) in [5.74, 6) is 3.16. The van der Waals surface area contributed by atoms with Crippen molar-refractivity contribution in [2.45, 2.75) is 91.1 Å². The molecular formula is C28H49N3O. The normalized spacial score (nSPS) is 21.4. The third-order valence-electron chi connectivity index (χ3n) is 7.28. The van der Waals surface area contributed by atoms with Crippen molar-refractivity contribution in [3.8, 4) is 5.75 Å². The van der Waals surface area contributed by atoms with E-state index in [1.54, 1.807) is 0 Å². The molecule has 4 heteroatoms. The average Bonchev–Trinajstić information content (AvgIpc) is 3.21. The van der Waals surface area contributed by atoms with Crippen LogP contribution in [0.15, 0.2) is 24.3 Å². The van der Waals surface area contributed by atoms with Crippen LogP contribution in [0.2, 0.25) is 0 Å². The van der Waals surface area contributed by atoms with Crippen molar-refractivity contribution < 1.29 is 4.74 Å². The average molecular weight is 444 g/mol. The predicted octanol–water partition coefficient (Wildman–Crippen LogP) is 5.95. The number of hydrogen-bond acceptors (Lipinski definition) is 4. The Morgan fingerprint density at radius 2 is 1.72 bits per heavy atom. The standard InChI is InChI=1S/C28H49N3O/c1-22(2)14-17-31(27-15-16-30(20-27)19-25(29)18-23(3)4)26-10-12-28(13-11-26)32-21-24-8-6-5-7-9-24/h10-13,22-25,27H,5-9,14-21,29H2,1-4H3/t25?,27-/m0/s1. The van der Waals surface area contributed by atoms with Crippen LogP contribution in [0.4, 0.5) is 5.69 Å². The van der Waals surface area contributed by atoms with E-state index in [1.807, 2.05) is 0 Å². The number of nitrogens with zero attached hydrogens (tertiary/aromatic N) is 2. The lowest BCUT2D eigenvalue weighted by molar-refractivity contribution is 0.209. The van der Waals surface area contributed by atoms with Gasteiger partial charge >= 0.3 is 0 Å². The third-order valence-corrected chi connectivity index (χ3v) is 7.28. The number of nitrogens with two attached hydrogens (primary N) is 1. The van der Waals surface area contributed by atoms with Gasteiger partial charge in [0, 0.05) is 44.0 Å². The minimum atomic E-state index is 0.290. The second kappa shape index (κ2) is 12.8. The van der Waals surface area contributed by atoms with E-state index < -0.39 is 0 Å². The monoisotopic (exact) mass is 443 g/mol.